The minimum Gasteiger partial charge on any atom is -0.351 e. The van der Waals surface area contributed by atoms with Crippen LogP contribution in [0.5, 0.6) is 0 Å². The van der Waals surface area contributed by atoms with Crippen LogP contribution in [0.1, 0.15) is 0 Å². The lowest BCUT2D eigenvalue weighted by molar-refractivity contribution is -0.131. The number of rotatable bonds is 24. The minimum atomic E-state index is -1.47. The van der Waals surface area contributed by atoms with E-state index in [9.17, 15) is 43.2 Å². The molecule has 49 heavy (non-hydrogen) atoms. The van der Waals surface area contributed by atoms with E-state index < -0.39 is 71.7 Å². The van der Waals surface area contributed by atoms with Crippen molar-refractivity contribution in [2.24, 2.45) is 0 Å². The number of amides is 9. The number of carbonyl (C=O) groups excluding carboxylic acids is 9. The van der Waals surface area contributed by atoms with Gasteiger partial charge in [-0.3, -0.25) is 48.1 Å². The Balaban J connectivity index is 5.69. The first-order valence-electron chi connectivity index (χ1n) is 14.4. The van der Waals surface area contributed by atoms with Crippen molar-refractivity contribution in [3.63, 3.8) is 0 Å². The van der Waals surface area contributed by atoms with Crippen molar-refractivity contribution in [2.45, 2.75) is 18.5 Å². The Hall–Kier alpha value is -6.37. The molecule has 9 N–H and O–H groups in total. The highest BCUT2D eigenvalue weighted by molar-refractivity contribution is 5.98. The van der Waals surface area contributed by atoms with Crippen molar-refractivity contribution in [3.05, 3.63) is 75.9 Å². The molecular weight excluding hydrogens is 644 g/mol. The van der Waals surface area contributed by atoms with E-state index >= 15 is 0 Å². The monoisotopic (exact) mass is 686 g/mol. The van der Waals surface area contributed by atoms with Crippen LogP contribution in [0.15, 0.2) is 75.9 Å². The maximum atomic E-state index is 12.7. The average Bonchev–Trinajstić information content (AvgIpc) is 3.09. The van der Waals surface area contributed by atoms with Gasteiger partial charge in [0.1, 0.15) is 0 Å². The topological polar surface area (TPSA) is 265 Å². The Bertz CT molecular complexity index is 1110. The van der Waals surface area contributed by atoms with Gasteiger partial charge in [-0.25, -0.2) is 0 Å². The van der Waals surface area contributed by atoms with Gasteiger partial charge >= 0.3 is 0 Å². The third kappa shape index (κ3) is 18.4. The van der Waals surface area contributed by atoms with Crippen molar-refractivity contribution in [3.8, 4) is 0 Å². The summed E-state index contributed by atoms with van der Waals surface area (Å²) >= 11 is 0. The van der Waals surface area contributed by atoms with Gasteiger partial charge in [-0.1, -0.05) is 39.5 Å². The van der Waals surface area contributed by atoms with Crippen LogP contribution in [0, 0.1) is 0 Å². The van der Waals surface area contributed by atoms with Crippen molar-refractivity contribution in [1.29, 1.82) is 0 Å². The first kappa shape index (κ1) is 42.6. The zero-order valence-electron chi connectivity index (χ0n) is 26.8. The van der Waals surface area contributed by atoms with E-state index in [4.69, 9.17) is 0 Å². The van der Waals surface area contributed by atoms with E-state index in [0.717, 1.165) is 36.5 Å². The molecule has 0 aromatic rings. The Morgan fingerprint density at radius 1 is 0.388 bits per heavy atom. The van der Waals surface area contributed by atoms with Gasteiger partial charge in [0.25, 0.3) is 17.7 Å². The van der Waals surface area contributed by atoms with E-state index in [1.165, 1.54) is 0 Å². The maximum absolute atomic E-state index is 12.7. The summed E-state index contributed by atoms with van der Waals surface area (Å²) in [6.07, 6.45) is 0.996. The van der Waals surface area contributed by atoms with Crippen LogP contribution in [-0.2, 0) is 43.2 Å². The van der Waals surface area contributed by atoms with Gasteiger partial charge in [0.05, 0.1) is 0 Å². The molecule has 0 aromatic heterocycles. The summed E-state index contributed by atoms with van der Waals surface area (Å²) in [7, 11) is 0. The molecule has 0 aromatic carbocycles. The van der Waals surface area contributed by atoms with Gasteiger partial charge in [0, 0.05) is 39.3 Å². The van der Waals surface area contributed by atoms with E-state index in [1.54, 1.807) is 4.90 Å². The number of nitrogens with one attached hydrogen (secondary N) is 9. The molecule has 0 saturated carbocycles. The third-order valence-corrected chi connectivity index (χ3v) is 5.80. The summed E-state index contributed by atoms with van der Waals surface area (Å²) in [5.41, 5.74) is 0. The Morgan fingerprint density at radius 3 is 0.735 bits per heavy atom. The Kier molecular flexibility index (Phi) is 20.8. The molecule has 0 aliphatic carbocycles. The van der Waals surface area contributed by atoms with Gasteiger partial charge in [0.15, 0.2) is 18.5 Å². The molecule has 0 atom stereocenters. The van der Waals surface area contributed by atoms with Gasteiger partial charge in [-0.05, 0) is 36.5 Å². The third-order valence-electron chi connectivity index (χ3n) is 5.80. The molecule has 9 amide bonds. The predicted molar refractivity (Wildman–Crippen MR) is 177 cm³/mol. The van der Waals surface area contributed by atoms with E-state index in [2.05, 4.69) is 87.3 Å². The molecule has 19 nitrogen and oxygen atoms in total. The average molecular weight is 687 g/mol. The number of hydrogen-bond acceptors (Lipinski definition) is 10. The van der Waals surface area contributed by atoms with Crippen LogP contribution in [0.25, 0.3) is 0 Å². The molecule has 0 radical (unpaired) electrons. The normalized spacial score (nSPS) is 10.0. The van der Waals surface area contributed by atoms with Crippen LogP contribution in [0.4, 0.5) is 0 Å². The van der Waals surface area contributed by atoms with E-state index in [0.29, 0.717) is 0 Å². The van der Waals surface area contributed by atoms with Crippen LogP contribution >= 0.6 is 0 Å². The molecular formula is C30H42N10O9. The summed E-state index contributed by atoms with van der Waals surface area (Å²) in [4.78, 5) is 110. The highest BCUT2D eigenvalue weighted by Gasteiger charge is 2.24. The smallest absolute Gasteiger partial charge is 0.263 e. The van der Waals surface area contributed by atoms with Crippen molar-refractivity contribution < 1.29 is 43.2 Å². The quantitative estimate of drug-likeness (QED) is 0.0347. The molecule has 0 spiro atoms. The minimum absolute atomic E-state index is 0.0635. The first-order chi connectivity index (χ1) is 23.2. The Morgan fingerprint density at radius 2 is 0.571 bits per heavy atom. The Labute approximate surface area is 282 Å². The molecule has 266 valence electrons. The molecule has 0 unspecified atom stereocenters. The maximum Gasteiger partial charge on any atom is 0.263 e. The molecule has 0 aliphatic rings. The molecule has 19 heteroatoms. The predicted octanol–water partition coefficient (Wildman–Crippen LogP) is -4.57. The second kappa shape index (κ2) is 23.9. The lowest BCUT2D eigenvalue weighted by Crippen LogP contribution is -2.58. The van der Waals surface area contributed by atoms with Gasteiger partial charge in [-0.2, -0.15) is 0 Å². The van der Waals surface area contributed by atoms with Crippen molar-refractivity contribution in [2.75, 3.05) is 39.3 Å². The van der Waals surface area contributed by atoms with E-state index in [-0.39, 0.29) is 39.3 Å². The summed E-state index contributed by atoms with van der Waals surface area (Å²) in [5, 5.41) is 21.1. The van der Waals surface area contributed by atoms with Gasteiger partial charge in [-0.15, -0.1) is 0 Å². The highest BCUT2D eigenvalue weighted by Crippen LogP contribution is 1.91. The van der Waals surface area contributed by atoms with E-state index in [1.807, 2.05) is 0 Å². The van der Waals surface area contributed by atoms with Crippen molar-refractivity contribution in [1.82, 2.24) is 52.8 Å². The zero-order chi connectivity index (χ0) is 37.4. The SMILES string of the molecule is C=CC(=O)NC(NC(=O)C=C)C(=O)NCCN(CCNC(=O)C(NC(=O)C=C)NC(=O)C=C)CCNC(=O)C(NC(=O)C=C)NC(=O)C=C. The fourth-order valence-corrected chi connectivity index (χ4v) is 3.36. The first-order valence-corrected chi connectivity index (χ1v) is 14.4. The molecule has 0 aliphatic heterocycles. The van der Waals surface area contributed by atoms with Crippen LogP contribution in [0.2, 0.25) is 0 Å². The molecule has 0 saturated heterocycles. The standard InChI is InChI=1S/C30H42N10O9/c1-7-19(41)34-25(35-20(42)8-2)28(47)31-13-16-40(17-14-32-29(48)26(36-21(43)9-3)37-22(44)10-4)18-15-33-30(49)27(38-23(45)11-5)39-24(46)12-6/h7-12,25-27H,1-6,13-18H2,(H,31,47)(H,32,48)(H,33,49)(H,34,41)(H,35,42)(H,36,43)(H,37,44)(H,38,45)(H,39,46). The summed E-state index contributed by atoms with van der Waals surface area (Å²) < 4.78 is 0. The molecule has 0 bridgehead atoms. The van der Waals surface area contributed by atoms with Crippen LogP contribution in [-0.4, -0.2) is 116 Å². The second-order valence-electron chi connectivity index (χ2n) is 9.29. The molecule has 0 rings (SSSR count). The highest BCUT2D eigenvalue weighted by atomic mass is 16.2. The lowest BCUT2D eigenvalue weighted by Gasteiger charge is -2.25. The second-order valence-corrected chi connectivity index (χ2v) is 9.29. The summed E-state index contributed by atoms with van der Waals surface area (Å²) in [6.45, 7) is 19.8. The van der Waals surface area contributed by atoms with Crippen molar-refractivity contribution >= 4 is 53.2 Å². The number of hydrogen-bond donors (Lipinski definition) is 9. The van der Waals surface area contributed by atoms with Crippen LogP contribution in [0.3, 0.4) is 0 Å². The van der Waals surface area contributed by atoms with Gasteiger partial charge in [0.2, 0.25) is 35.4 Å². The fraction of sp³-hybridized carbons (Fsp3) is 0.300. The summed E-state index contributed by atoms with van der Waals surface area (Å²) in [6, 6.07) is 0. The van der Waals surface area contributed by atoms with Crippen LogP contribution < -0.4 is 47.9 Å². The summed E-state index contributed by atoms with van der Waals surface area (Å²) in [5.74, 6) is -6.80. The largest absolute Gasteiger partial charge is 0.351 e. The number of nitrogens with zero attached hydrogens (tertiary/aromatic N) is 1. The zero-order valence-corrected chi connectivity index (χ0v) is 26.8. The lowest BCUT2D eigenvalue weighted by atomic mass is 10.3. The fourth-order valence-electron chi connectivity index (χ4n) is 3.36. The molecule has 0 fully saturated rings. The van der Waals surface area contributed by atoms with Gasteiger partial charge < -0.3 is 47.9 Å². The molecule has 0 heterocycles. The number of carbonyl (C=O) groups is 9.